The van der Waals surface area contributed by atoms with Crippen LogP contribution in [0.3, 0.4) is 0 Å². The summed E-state index contributed by atoms with van der Waals surface area (Å²) >= 11 is 3.32. The van der Waals surface area contributed by atoms with Gasteiger partial charge in [-0.15, -0.1) is 0 Å². The van der Waals surface area contributed by atoms with Crippen molar-refractivity contribution in [3.05, 3.63) is 34.3 Å². The van der Waals surface area contributed by atoms with Crippen LogP contribution < -0.4 is 0 Å². The van der Waals surface area contributed by atoms with Crippen molar-refractivity contribution in [1.29, 1.82) is 0 Å². The highest BCUT2D eigenvalue weighted by Gasteiger charge is 2.01. The molecule has 0 radical (unpaired) electrons. The lowest BCUT2D eigenvalue weighted by molar-refractivity contribution is -0.129. The third-order valence-electron chi connectivity index (χ3n) is 1.63. The van der Waals surface area contributed by atoms with Crippen LogP contribution in [-0.2, 0) is 16.2 Å². The number of carboxylic acid groups (broad SMARTS) is 1. The monoisotopic (exact) mass is 271 g/mol. The third-order valence-corrected chi connectivity index (χ3v) is 2.12. The van der Waals surface area contributed by atoms with Crippen LogP contribution in [0.5, 0.6) is 0 Å². The van der Waals surface area contributed by atoms with Crippen molar-refractivity contribution in [2.24, 2.45) is 5.16 Å². The number of hydrogen-bond donors (Lipinski definition) is 1. The Bertz CT molecular complexity index is 390. The van der Waals surface area contributed by atoms with Crippen molar-refractivity contribution in [1.82, 2.24) is 0 Å². The smallest absolute Gasteiger partial charge is 0.353 e. The summed E-state index contributed by atoms with van der Waals surface area (Å²) in [5.74, 6) is -1.08. The Morgan fingerprint density at radius 1 is 1.60 bits per heavy atom. The highest BCUT2D eigenvalue weighted by molar-refractivity contribution is 9.10. The molecule has 0 saturated carbocycles. The molecule has 1 rings (SSSR count). The molecule has 0 atom stereocenters. The van der Waals surface area contributed by atoms with E-state index in [4.69, 9.17) is 9.94 Å². The number of rotatable bonds is 4. The van der Waals surface area contributed by atoms with Crippen molar-refractivity contribution in [2.75, 3.05) is 0 Å². The molecule has 0 aliphatic rings. The number of nitrogens with zero attached hydrogens (tertiary/aromatic N) is 1. The van der Waals surface area contributed by atoms with E-state index in [1.165, 1.54) is 6.92 Å². The van der Waals surface area contributed by atoms with Crippen LogP contribution in [0, 0.1) is 0 Å². The van der Waals surface area contributed by atoms with Crippen LogP contribution >= 0.6 is 15.9 Å². The van der Waals surface area contributed by atoms with Gasteiger partial charge in [0, 0.05) is 4.47 Å². The maximum atomic E-state index is 10.4. The predicted octanol–water partition coefficient (Wildman–Crippen LogP) is 2.43. The number of oxime groups is 1. The van der Waals surface area contributed by atoms with E-state index in [1.54, 1.807) is 0 Å². The van der Waals surface area contributed by atoms with Gasteiger partial charge < -0.3 is 9.94 Å². The summed E-state index contributed by atoms with van der Waals surface area (Å²) in [6, 6.07) is 7.52. The number of benzene rings is 1. The molecule has 4 nitrogen and oxygen atoms in total. The molecule has 5 heteroatoms. The Morgan fingerprint density at radius 2 is 2.33 bits per heavy atom. The lowest BCUT2D eigenvalue weighted by atomic mass is 10.2. The van der Waals surface area contributed by atoms with Crippen molar-refractivity contribution >= 4 is 27.6 Å². The minimum absolute atomic E-state index is 0.0648. The van der Waals surface area contributed by atoms with Crippen LogP contribution in [0.4, 0.5) is 0 Å². The third kappa shape index (κ3) is 4.12. The molecule has 0 aromatic heterocycles. The van der Waals surface area contributed by atoms with E-state index in [2.05, 4.69) is 21.1 Å². The van der Waals surface area contributed by atoms with Gasteiger partial charge in [-0.05, 0) is 24.6 Å². The van der Waals surface area contributed by atoms with Gasteiger partial charge in [-0.2, -0.15) is 0 Å². The molecule has 0 aliphatic heterocycles. The minimum Gasteiger partial charge on any atom is -0.477 e. The molecule has 0 unspecified atom stereocenters. The van der Waals surface area contributed by atoms with Gasteiger partial charge in [0.05, 0.1) is 0 Å². The molecule has 0 spiro atoms. The highest BCUT2D eigenvalue weighted by atomic mass is 79.9. The van der Waals surface area contributed by atoms with Crippen LogP contribution in [0.2, 0.25) is 0 Å². The molecule has 1 N–H and O–H groups in total. The zero-order chi connectivity index (χ0) is 11.3. The minimum atomic E-state index is -1.08. The summed E-state index contributed by atoms with van der Waals surface area (Å²) < 4.78 is 0.947. The van der Waals surface area contributed by atoms with E-state index >= 15 is 0 Å². The van der Waals surface area contributed by atoms with Gasteiger partial charge in [0.15, 0.2) is 5.71 Å². The fourth-order valence-corrected chi connectivity index (χ4v) is 1.32. The number of aliphatic carboxylic acids is 1. The van der Waals surface area contributed by atoms with E-state index in [9.17, 15) is 4.79 Å². The van der Waals surface area contributed by atoms with E-state index in [-0.39, 0.29) is 12.3 Å². The molecule has 1 aromatic carbocycles. The molecular weight excluding hydrogens is 262 g/mol. The number of hydrogen-bond acceptors (Lipinski definition) is 3. The van der Waals surface area contributed by atoms with Crippen molar-refractivity contribution < 1.29 is 14.7 Å². The Labute approximate surface area is 95.7 Å². The fourth-order valence-electron chi connectivity index (χ4n) is 0.869. The van der Waals surface area contributed by atoms with Crippen LogP contribution in [0.1, 0.15) is 12.5 Å². The molecule has 0 saturated heterocycles. The number of carbonyl (C=O) groups is 1. The molecule has 0 aliphatic carbocycles. The first-order valence-corrected chi connectivity index (χ1v) is 5.03. The quantitative estimate of drug-likeness (QED) is 0.676. The predicted molar refractivity (Wildman–Crippen MR) is 59.7 cm³/mol. The second-order valence-electron chi connectivity index (χ2n) is 2.89. The summed E-state index contributed by atoms with van der Waals surface area (Å²) in [6.07, 6.45) is 0. The van der Waals surface area contributed by atoms with E-state index < -0.39 is 5.97 Å². The average Bonchev–Trinajstić information content (AvgIpc) is 2.17. The van der Waals surface area contributed by atoms with Crippen LogP contribution in [0.25, 0.3) is 0 Å². The van der Waals surface area contributed by atoms with Crippen molar-refractivity contribution in [3.63, 3.8) is 0 Å². The van der Waals surface area contributed by atoms with Gasteiger partial charge in [0.25, 0.3) is 0 Å². The zero-order valence-corrected chi connectivity index (χ0v) is 9.69. The Kier molecular flexibility index (Phi) is 4.30. The molecule has 0 heterocycles. The molecule has 0 fully saturated rings. The van der Waals surface area contributed by atoms with Crippen molar-refractivity contribution in [2.45, 2.75) is 13.5 Å². The molecule has 0 amide bonds. The summed E-state index contributed by atoms with van der Waals surface area (Å²) in [4.78, 5) is 15.3. The maximum Gasteiger partial charge on any atom is 0.353 e. The van der Waals surface area contributed by atoms with Gasteiger partial charge in [-0.3, -0.25) is 0 Å². The fraction of sp³-hybridized carbons (Fsp3) is 0.200. The van der Waals surface area contributed by atoms with Gasteiger partial charge in [-0.25, -0.2) is 4.79 Å². The average molecular weight is 272 g/mol. The molecule has 15 heavy (non-hydrogen) atoms. The first-order valence-electron chi connectivity index (χ1n) is 4.24. The topological polar surface area (TPSA) is 58.9 Å². The lowest BCUT2D eigenvalue weighted by Gasteiger charge is -2.00. The standard InChI is InChI=1S/C10H10BrNO3/c1-7(10(13)14)12-15-6-8-3-2-4-9(11)5-8/h2-5H,6H2,1H3,(H,13,14)/b12-7-. The van der Waals surface area contributed by atoms with E-state index in [0.29, 0.717) is 0 Å². The first kappa shape index (κ1) is 11.7. The van der Waals surface area contributed by atoms with Crippen LogP contribution in [0.15, 0.2) is 33.9 Å². The van der Waals surface area contributed by atoms with E-state index in [0.717, 1.165) is 10.0 Å². The molecule has 80 valence electrons. The van der Waals surface area contributed by atoms with Crippen molar-refractivity contribution in [3.8, 4) is 0 Å². The Morgan fingerprint density at radius 3 is 2.93 bits per heavy atom. The second kappa shape index (κ2) is 5.50. The van der Waals surface area contributed by atoms with E-state index in [1.807, 2.05) is 24.3 Å². The first-order chi connectivity index (χ1) is 7.09. The highest BCUT2D eigenvalue weighted by Crippen LogP contribution is 2.12. The molecule has 0 bridgehead atoms. The van der Waals surface area contributed by atoms with Gasteiger partial charge in [0.1, 0.15) is 6.61 Å². The summed E-state index contributed by atoms with van der Waals surface area (Å²) in [6.45, 7) is 1.63. The SMILES string of the molecule is C/C(=N/OCc1cccc(Br)c1)C(=O)O. The lowest BCUT2D eigenvalue weighted by Crippen LogP contribution is -2.08. The second-order valence-corrected chi connectivity index (χ2v) is 3.80. The number of carboxylic acids is 1. The maximum absolute atomic E-state index is 10.4. The summed E-state index contributed by atoms with van der Waals surface area (Å²) in [5, 5.41) is 12.0. The van der Waals surface area contributed by atoms with Gasteiger partial charge in [0.2, 0.25) is 0 Å². The van der Waals surface area contributed by atoms with Crippen LogP contribution in [-0.4, -0.2) is 16.8 Å². The zero-order valence-electron chi connectivity index (χ0n) is 8.11. The number of halogens is 1. The summed E-state index contributed by atoms with van der Waals surface area (Å²) in [7, 11) is 0. The summed E-state index contributed by atoms with van der Waals surface area (Å²) in [5.41, 5.74) is 0.858. The Hall–Kier alpha value is -1.36. The largest absolute Gasteiger partial charge is 0.477 e. The molecule has 1 aromatic rings. The molecular formula is C10H10BrNO3. The normalized spacial score (nSPS) is 11.2. The Balaban J connectivity index is 2.51. The van der Waals surface area contributed by atoms with Gasteiger partial charge in [-0.1, -0.05) is 33.2 Å². The van der Waals surface area contributed by atoms with Gasteiger partial charge >= 0.3 is 5.97 Å².